The van der Waals surface area contributed by atoms with E-state index in [0.29, 0.717) is 0 Å². The first kappa shape index (κ1) is 9.40. The molecule has 0 bridgehead atoms. The van der Waals surface area contributed by atoms with Crippen molar-refractivity contribution < 1.29 is 0 Å². The number of benzene rings is 1. The van der Waals surface area contributed by atoms with Gasteiger partial charge in [0.2, 0.25) is 0 Å². The van der Waals surface area contributed by atoms with Crippen molar-refractivity contribution in [3.63, 3.8) is 0 Å². The molecule has 0 fully saturated rings. The molecule has 1 nitrogen and oxygen atoms in total. The van der Waals surface area contributed by atoms with Crippen molar-refractivity contribution in [3.8, 4) is 0 Å². The summed E-state index contributed by atoms with van der Waals surface area (Å²) in [4.78, 5) is 0. The Bertz CT molecular complexity index is 208. The van der Waals surface area contributed by atoms with E-state index < -0.39 is 0 Å². The molecule has 0 aliphatic rings. The molecule has 0 aromatic heterocycles. The van der Waals surface area contributed by atoms with Crippen molar-refractivity contribution in [3.05, 3.63) is 30.3 Å². The second-order valence-corrected chi connectivity index (χ2v) is 3.61. The number of hydrogen-bond acceptors (Lipinski definition) is 1. The van der Waals surface area contributed by atoms with Crippen LogP contribution < -0.4 is 5.32 Å². The molecule has 2 heteroatoms. The normalized spacial score (nSPS) is 12.5. The van der Waals surface area contributed by atoms with Gasteiger partial charge in [-0.15, -0.1) is 11.6 Å². The Morgan fingerprint density at radius 3 is 2.58 bits per heavy atom. The first-order valence-electron chi connectivity index (χ1n) is 4.22. The highest BCUT2D eigenvalue weighted by Crippen LogP contribution is 2.06. The van der Waals surface area contributed by atoms with Gasteiger partial charge in [-0.05, 0) is 25.5 Å². The van der Waals surface area contributed by atoms with Gasteiger partial charge in [0.1, 0.15) is 0 Å². The third kappa shape index (κ3) is 3.63. The van der Waals surface area contributed by atoms with Crippen molar-refractivity contribution in [2.45, 2.75) is 18.7 Å². The number of rotatable bonds is 4. The molecule has 1 N–H and O–H groups in total. The molecular formula is C10H14ClN. The molecule has 1 aromatic rings. The van der Waals surface area contributed by atoms with E-state index in [1.54, 1.807) is 0 Å². The second kappa shape index (κ2) is 5.04. The lowest BCUT2D eigenvalue weighted by atomic mass is 10.3. The molecule has 0 radical (unpaired) electrons. The number of para-hydroxylation sites is 1. The Morgan fingerprint density at radius 1 is 1.33 bits per heavy atom. The third-order valence-electron chi connectivity index (χ3n) is 1.65. The molecule has 0 aliphatic heterocycles. The van der Waals surface area contributed by atoms with Crippen LogP contribution in [0.2, 0.25) is 0 Å². The molecule has 0 spiro atoms. The molecule has 0 heterocycles. The molecule has 66 valence electrons. The molecule has 0 amide bonds. The lowest BCUT2D eigenvalue weighted by Crippen LogP contribution is -2.05. The number of anilines is 1. The molecule has 0 saturated heterocycles. The number of halogens is 1. The maximum Gasteiger partial charge on any atom is 0.0340 e. The summed E-state index contributed by atoms with van der Waals surface area (Å²) in [6.07, 6.45) is 0.996. The fourth-order valence-corrected chi connectivity index (χ4v) is 1.08. The van der Waals surface area contributed by atoms with Crippen LogP contribution in [0.1, 0.15) is 13.3 Å². The first-order chi connectivity index (χ1) is 5.79. The van der Waals surface area contributed by atoms with Crippen LogP contribution in [0.25, 0.3) is 0 Å². The van der Waals surface area contributed by atoms with Crippen LogP contribution in [0.4, 0.5) is 5.69 Å². The average molecular weight is 184 g/mol. The van der Waals surface area contributed by atoms with Crippen molar-refractivity contribution in [2.24, 2.45) is 0 Å². The maximum atomic E-state index is 5.80. The third-order valence-corrected chi connectivity index (χ3v) is 1.86. The summed E-state index contributed by atoms with van der Waals surface area (Å²) in [5.41, 5.74) is 1.16. The predicted octanol–water partition coefficient (Wildman–Crippen LogP) is 3.12. The topological polar surface area (TPSA) is 12.0 Å². The van der Waals surface area contributed by atoms with Gasteiger partial charge < -0.3 is 5.32 Å². The Hall–Kier alpha value is -0.690. The quantitative estimate of drug-likeness (QED) is 0.708. The lowest BCUT2D eigenvalue weighted by Gasteiger charge is -2.06. The largest absolute Gasteiger partial charge is 0.385 e. The zero-order valence-corrected chi connectivity index (χ0v) is 8.01. The van der Waals surface area contributed by atoms with E-state index in [2.05, 4.69) is 17.4 Å². The zero-order chi connectivity index (χ0) is 8.81. The van der Waals surface area contributed by atoms with E-state index in [9.17, 15) is 0 Å². The van der Waals surface area contributed by atoms with E-state index >= 15 is 0 Å². The fourth-order valence-electron chi connectivity index (χ4n) is 0.971. The van der Waals surface area contributed by atoms with Crippen LogP contribution in [0.5, 0.6) is 0 Å². The monoisotopic (exact) mass is 183 g/mol. The number of alkyl halides is 1. The number of hydrogen-bond donors (Lipinski definition) is 1. The minimum absolute atomic E-state index is 0.251. The van der Waals surface area contributed by atoms with E-state index in [1.807, 2.05) is 25.1 Å². The highest BCUT2D eigenvalue weighted by molar-refractivity contribution is 6.20. The highest BCUT2D eigenvalue weighted by atomic mass is 35.5. The predicted molar refractivity (Wildman–Crippen MR) is 54.9 cm³/mol. The molecule has 1 atom stereocenters. The van der Waals surface area contributed by atoms with Gasteiger partial charge in [-0.25, -0.2) is 0 Å². The van der Waals surface area contributed by atoms with Crippen LogP contribution in [-0.4, -0.2) is 11.9 Å². The summed E-state index contributed by atoms with van der Waals surface area (Å²) >= 11 is 5.80. The smallest absolute Gasteiger partial charge is 0.0340 e. The van der Waals surface area contributed by atoms with Gasteiger partial charge in [0.25, 0.3) is 0 Å². The summed E-state index contributed by atoms with van der Waals surface area (Å²) < 4.78 is 0. The SMILES string of the molecule is CC(Cl)CCNc1ccccc1. The molecule has 1 rings (SSSR count). The summed E-state index contributed by atoms with van der Waals surface area (Å²) in [5.74, 6) is 0. The second-order valence-electron chi connectivity index (χ2n) is 2.86. The van der Waals surface area contributed by atoms with E-state index in [-0.39, 0.29) is 5.38 Å². The van der Waals surface area contributed by atoms with Crippen molar-refractivity contribution in [1.29, 1.82) is 0 Å². The maximum absolute atomic E-state index is 5.80. The standard InChI is InChI=1S/C10H14ClN/c1-9(11)7-8-12-10-5-3-2-4-6-10/h2-6,9,12H,7-8H2,1H3. The lowest BCUT2D eigenvalue weighted by molar-refractivity contribution is 0.843. The Morgan fingerprint density at radius 2 is 2.00 bits per heavy atom. The summed E-state index contributed by atoms with van der Waals surface area (Å²) in [6, 6.07) is 10.2. The Balaban J connectivity index is 2.25. The first-order valence-corrected chi connectivity index (χ1v) is 4.65. The van der Waals surface area contributed by atoms with Gasteiger partial charge in [0, 0.05) is 17.6 Å². The van der Waals surface area contributed by atoms with Crippen molar-refractivity contribution in [2.75, 3.05) is 11.9 Å². The molecule has 12 heavy (non-hydrogen) atoms. The van der Waals surface area contributed by atoms with Crippen molar-refractivity contribution in [1.82, 2.24) is 0 Å². The fraction of sp³-hybridized carbons (Fsp3) is 0.400. The molecule has 0 aliphatic carbocycles. The summed E-state index contributed by atoms with van der Waals surface area (Å²) in [7, 11) is 0. The van der Waals surface area contributed by atoms with E-state index in [1.165, 1.54) is 0 Å². The van der Waals surface area contributed by atoms with Gasteiger partial charge >= 0.3 is 0 Å². The van der Waals surface area contributed by atoms with Crippen LogP contribution >= 0.6 is 11.6 Å². The van der Waals surface area contributed by atoms with Gasteiger partial charge in [-0.1, -0.05) is 18.2 Å². The van der Waals surface area contributed by atoms with Gasteiger partial charge in [0.05, 0.1) is 0 Å². The van der Waals surface area contributed by atoms with Gasteiger partial charge in [0.15, 0.2) is 0 Å². The van der Waals surface area contributed by atoms with E-state index in [0.717, 1.165) is 18.7 Å². The van der Waals surface area contributed by atoms with Crippen LogP contribution in [-0.2, 0) is 0 Å². The number of nitrogens with one attached hydrogen (secondary N) is 1. The minimum atomic E-state index is 0.251. The van der Waals surface area contributed by atoms with Gasteiger partial charge in [-0.3, -0.25) is 0 Å². The summed E-state index contributed by atoms with van der Waals surface area (Å²) in [5, 5.41) is 3.54. The van der Waals surface area contributed by atoms with Gasteiger partial charge in [-0.2, -0.15) is 0 Å². The molecule has 1 unspecified atom stereocenters. The molecule has 1 aromatic carbocycles. The van der Waals surface area contributed by atoms with Crippen LogP contribution in [0, 0.1) is 0 Å². The van der Waals surface area contributed by atoms with Crippen LogP contribution in [0.15, 0.2) is 30.3 Å². The van der Waals surface area contributed by atoms with Crippen LogP contribution in [0.3, 0.4) is 0 Å². The Kier molecular flexibility index (Phi) is 3.95. The van der Waals surface area contributed by atoms with Crippen molar-refractivity contribution >= 4 is 17.3 Å². The minimum Gasteiger partial charge on any atom is -0.385 e. The van der Waals surface area contributed by atoms with E-state index in [4.69, 9.17) is 11.6 Å². The molecule has 0 saturated carbocycles. The molecular weight excluding hydrogens is 170 g/mol. The average Bonchev–Trinajstić information content (AvgIpc) is 2.05. The highest BCUT2D eigenvalue weighted by Gasteiger charge is 1.94. The Labute approximate surface area is 78.7 Å². The zero-order valence-electron chi connectivity index (χ0n) is 7.26. The summed E-state index contributed by atoms with van der Waals surface area (Å²) in [6.45, 7) is 2.95.